The highest BCUT2D eigenvalue weighted by Crippen LogP contribution is 2.65. The molecule has 0 aliphatic heterocycles. The highest BCUT2D eigenvalue weighted by Gasteiger charge is 2.61. The van der Waals surface area contributed by atoms with Crippen LogP contribution in [0.2, 0.25) is 0 Å². The van der Waals surface area contributed by atoms with Gasteiger partial charge in [0, 0.05) is 9.86 Å². The van der Waals surface area contributed by atoms with Crippen molar-refractivity contribution >= 4 is 21.8 Å². The Hall–Kier alpha value is -0.0500. The summed E-state index contributed by atoms with van der Waals surface area (Å²) in [5, 5.41) is 3.74. The van der Waals surface area contributed by atoms with Crippen molar-refractivity contribution in [3.8, 4) is 0 Å². The molecule has 8 bridgehead atoms. The van der Waals surface area contributed by atoms with E-state index in [0.29, 0.717) is 5.91 Å². The lowest BCUT2D eigenvalue weighted by atomic mass is 9.48. The second-order valence-corrected chi connectivity index (χ2v) is 12.7. The van der Waals surface area contributed by atoms with Crippen molar-refractivity contribution in [3.05, 3.63) is 0 Å². The largest absolute Gasteiger partial charge is 0.350 e. The minimum Gasteiger partial charge on any atom is -0.350 e. The summed E-state index contributed by atoms with van der Waals surface area (Å²) < 4.78 is 0.288. The molecule has 1 amide bonds. The maximum Gasteiger partial charge on any atom is 0.226 e. The number of carbonyl (C=O) groups excluding carboxylic acids is 1. The molecule has 0 spiro atoms. The first-order valence-corrected chi connectivity index (χ1v) is 11.2. The predicted molar refractivity (Wildman–Crippen MR) is 97.8 cm³/mol. The van der Waals surface area contributed by atoms with Gasteiger partial charge in [0.2, 0.25) is 5.91 Å². The minimum absolute atomic E-state index is 0.0308. The molecule has 0 aromatic carbocycles. The van der Waals surface area contributed by atoms with Crippen molar-refractivity contribution in [2.45, 2.75) is 86.9 Å². The fraction of sp³-hybridized carbons (Fsp3) is 0.952. The van der Waals surface area contributed by atoms with Gasteiger partial charge in [-0.3, -0.25) is 4.79 Å². The molecule has 0 saturated heterocycles. The summed E-state index contributed by atoms with van der Waals surface area (Å²) in [6, 6.07) is 0. The second-order valence-electron chi connectivity index (χ2n) is 11.0. The Morgan fingerprint density at radius 3 is 1.75 bits per heavy atom. The summed E-state index contributed by atoms with van der Waals surface area (Å²) in [7, 11) is 0. The van der Waals surface area contributed by atoms with Gasteiger partial charge in [-0.2, -0.15) is 0 Å². The van der Waals surface area contributed by atoms with Gasteiger partial charge in [0.1, 0.15) is 0 Å². The van der Waals surface area contributed by atoms with Crippen LogP contribution in [0.4, 0.5) is 0 Å². The van der Waals surface area contributed by atoms with E-state index in [0.717, 1.165) is 36.0 Å². The Morgan fingerprint density at radius 2 is 1.25 bits per heavy atom. The van der Waals surface area contributed by atoms with Gasteiger partial charge in [0.25, 0.3) is 0 Å². The molecule has 8 aliphatic rings. The Bertz CT molecular complexity index is 549. The quantitative estimate of drug-likeness (QED) is 0.672. The number of rotatable bonds is 2. The van der Waals surface area contributed by atoms with E-state index >= 15 is 0 Å². The van der Waals surface area contributed by atoms with Gasteiger partial charge in [-0.15, -0.1) is 0 Å². The summed E-state index contributed by atoms with van der Waals surface area (Å²) in [5.74, 6) is 4.80. The van der Waals surface area contributed by atoms with Crippen LogP contribution < -0.4 is 5.32 Å². The van der Waals surface area contributed by atoms with Crippen LogP contribution in [0.3, 0.4) is 0 Å². The molecule has 8 saturated carbocycles. The third-order valence-corrected chi connectivity index (χ3v) is 9.82. The third kappa shape index (κ3) is 2.09. The number of hydrogen-bond donors (Lipinski definition) is 1. The molecule has 0 heterocycles. The van der Waals surface area contributed by atoms with E-state index in [1.165, 1.54) is 70.6 Å². The maximum absolute atomic E-state index is 13.6. The van der Waals surface area contributed by atoms with E-state index in [1.807, 2.05) is 0 Å². The number of halogens is 1. The van der Waals surface area contributed by atoms with Gasteiger partial charge >= 0.3 is 0 Å². The van der Waals surface area contributed by atoms with Crippen molar-refractivity contribution in [1.29, 1.82) is 0 Å². The monoisotopic (exact) mass is 391 g/mol. The number of amides is 1. The van der Waals surface area contributed by atoms with Gasteiger partial charge in [0.05, 0.1) is 5.41 Å². The van der Waals surface area contributed by atoms with Gasteiger partial charge in [-0.1, -0.05) is 15.9 Å². The van der Waals surface area contributed by atoms with Crippen LogP contribution in [0.5, 0.6) is 0 Å². The molecular weight excluding hydrogens is 362 g/mol. The van der Waals surface area contributed by atoms with Crippen molar-refractivity contribution in [2.24, 2.45) is 35.0 Å². The molecule has 24 heavy (non-hydrogen) atoms. The molecular formula is C21H30BrNO. The highest BCUT2D eigenvalue weighted by atomic mass is 79.9. The highest BCUT2D eigenvalue weighted by molar-refractivity contribution is 9.10. The Labute approximate surface area is 154 Å². The van der Waals surface area contributed by atoms with Crippen molar-refractivity contribution < 1.29 is 4.79 Å². The van der Waals surface area contributed by atoms with E-state index in [4.69, 9.17) is 0 Å². The lowest BCUT2D eigenvalue weighted by Gasteiger charge is -2.61. The lowest BCUT2D eigenvalue weighted by Crippen LogP contribution is -2.65. The first kappa shape index (κ1) is 15.1. The van der Waals surface area contributed by atoms with E-state index in [9.17, 15) is 4.79 Å². The molecule has 8 fully saturated rings. The lowest BCUT2D eigenvalue weighted by molar-refractivity contribution is -0.149. The molecule has 132 valence electrons. The van der Waals surface area contributed by atoms with E-state index < -0.39 is 0 Å². The summed E-state index contributed by atoms with van der Waals surface area (Å²) in [4.78, 5) is 13.6. The Morgan fingerprint density at radius 1 is 0.750 bits per heavy atom. The first-order valence-electron chi connectivity index (χ1n) is 10.4. The van der Waals surface area contributed by atoms with Crippen LogP contribution in [0.25, 0.3) is 0 Å². The zero-order chi connectivity index (χ0) is 16.2. The average molecular weight is 392 g/mol. The fourth-order valence-electron chi connectivity index (χ4n) is 9.05. The zero-order valence-electron chi connectivity index (χ0n) is 14.7. The summed E-state index contributed by atoms with van der Waals surface area (Å²) >= 11 is 4.07. The van der Waals surface area contributed by atoms with Crippen LogP contribution in [0, 0.1) is 35.0 Å². The molecule has 0 aromatic heterocycles. The first-order chi connectivity index (χ1) is 11.4. The second kappa shape index (κ2) is 4.61. The van der Waals surface area contributed by atoms with E-state index in [-0.39, 0.29) is 15.3 Å². The van der Waals surface area contributed by atoms with E-state index in [1.54, 1.807) is 0 Å². The van der Waals surface area contributed by atoms with Crippen LogP contribution in [0.1, 0.15) is 77.0 Å². The van der Waals surface area contributed by atoms with Crippen molar-refractivity contribution in [3.63, 3.8) is 0 Å². The molecule has 3 heteroatoms. The summed E-state index contributed by atoms with van der Waals surface area (Å²) in [5.41, 5.74) is 0.158. The Kier molecular flexibility index (Phi) is 2.89. The molecule has 0 aromatic rings. The third-order valence-electron chi connectivity index (χ3n) is 8.89. The molecule has 2 unspecified atom stereocenters. The summed E-state index contributed by atoms with van der Waals surface area (Å²) in [6.45, 7) is 0. The van der Waals surface area contributed by atoms with Crippen molar-refractivity contribution in [2.75, 3.05) is 0 Å². The molecule has 0 radical (unpaired) electrons. The summed E-state index contributed by atoms with van der Waals surface area (Å²) in [6.07, 6.45) is 15.7. The molecule has 8 rings (SSSR count). The van der Waals surface area contributed by atoms with Gasteiger partial charge in [-0.25, -0.2) is 0 Å². The molecule has 2 nitrogen and oxygen atoms in total. The zero-order valence-corrected chi connectivity index (χ0v) is 16.2. The van der Waals surface area contributed by atoms with Crippen molar-refractivity contribution in [1.82, 2.24) is 5.32 Å². The van der Waals surface area contributed by atoms with E-state index in [2.05, 4.69) is 21.2 Å². The maximum atomic E-state index is 13.6. The van der Waals surface area contributed by atoms with Gasteiger partial charge in [0.15, 0.2) is 0 Å². The Balaban J connectivity index is 1.27. The number of nitrogens with one attached hydrogen (secondary N) is 1. The van der Waals surface area contributed by atoms with Crippen LogP contribution in [-0.4, -0.2) is 15.8 Å². The predicted octanol–water partition coefficient (Wildman–Crippen LogP) is 4.81. The smallest absolute Gasteiger partial charge is 0.226 e. The SMILES string of the molecule is O=C(NC12CC3CC(CC(C3)C1)C2)C12C[C@@H]3C[C@@H](CC(Br)(C3)C1)C2. The number of hydrogen-bond acceptors (Lipinski definition) is 1. The average Bonchev–Trinajstić information content (AvgIpc) is 2.42. The molecule has 1 N–H and O–H groups in total. The number of carbonyl (C=O) groups is 1. The molecule has 8 aliphatic carbocycles. The standard InChI is InChI=1S/C21H30BrNO/c22-20-7-16-4-17(8-20)6-19(5-16,12-20)18(24)23-21-9-13-1-14(10-21)3-15(2-13)11-21/h13-17H,1-12H2,(H,23,24)/t13?,14?,15?,16-,17+,19?,20?,21?. The van der Waals surface area contributed by atoms with Gasteiger partial charge in [-0.05, 0) is 107 Å². The topological polar surface area (TPSA) is 29.1 Å². The van der Waals surface area contributed by atoms with Crippen LogP contribution in [-0.2, 0) is 4.79 Å². The number of alkyl halides is 1. The molecule has 4 atom stereocenters. The normalized spacial score (nSPS) is 59.8. The van der Waals surface area contributed by atoms with Crippen LogP contribution >= 0.6 is 15.9 Å². The van der Waals surface area contributed by atoms with Gasteiger partial charge < -0.3 is 5.32 Å². The fourth-order valence-corrected chi connectivity index (χ4v) is 10.5. The minimum atomic E-state index is -0.0308. The van der Waals surface area contributed by atoms with Crippen LogP contribution in [0.15, 0.2) is 0 Å².